The van der Waals surface area contributed by atoms with Crippen molar-refractivity contribution in [2.75, 3.05) is 26.6 Å². The molecule has 5 heteroatoms. The average Bonchev–Trinajstić information content (AvgIpc) is 2.86. The van der Waals surface area contributed by atoms with Gasteiger partial charge in [0.1, 0.15) is 11.5 Å². The predicted molar refractivity (Wildman–Crippen MR) is 78.9 cm³/mol. The molecule has 1 amide bonds. The van der Waals surface area contributed by atoms with Crippen molar-refractivity contribution in [1.82, 2.24) is 4.90 Å². The molecule has 2 atom stereocenters. The van der Waals surface area contributed by atoms with E-state index in [0.717, 1.165) is 13.0 Å². The summed E-state index contributed by atoms with van der Waals surface area (Å²) < 4.78 is 10.5. The van der Waals surface area contributed by atoms with Gasteiger partial charge in [-0.25, -0.2) is 0 Å². The Morgan fingerprint density at radius 2 is 2.15 bits per heavy atom. The second-order valence-corrected chi connectivity index (χ2v) is 5.36. The molecule has 0 radical (unpaired) electrons. The number of rotatable bonds is 4. The monoisotopic (exact) mass is 297 g/mol. The van der Waals surface area contributed by atoms with Gasteiger partial charge in [0, 0.05) is 18.5 Å². The van der Waals surface area contributed by atoms with Crippen molar-refractivity contribution in [2.45, 2.75) is 19.4 Å². The van der Waals surface area contributed by atoms with Crippen LogP contribution in [0.4, 0.5) is 0 Å². The van der Waals surface area contributed by atoms with Gasteiger partial charge in [0.05, 0.1) is 19.8 Å². The van der Waals surface area contributed by atoms with Gasteiger partial charge in [-0.2, -0.15) is 0 Å². The van der Waals surface area contributed by atoms with Gasteiger partial charge < -0.3 is 14.4 Å². The van der Waals surface area contributed by atoms with Gasteiger partial charge >= 0.3 is 0 Å². The van der Waals surface area contributed by atoms with Crippen molar-refractivity contribution in [3.8, 4) is 11.5 Å². The summed E-state index contributed by atoms with van der Waals surface area (Å²) in [4.78, 5) is 14.6. The van der Waals surface area contributed by atoms with Crippen molar-refractivity contribution in [2.24, 2.45) is 5.92 Å². The summed E-state index contributed by atoms with van der Waals surface area (Å²) >= 11 is 6.01. The first-order chi connectivity index (χ1) is 9.62. The van der Waals surface area contributed by atoms with Crippen LogP contribution in [-0.2, 0) is 0 Å². The van der Waals surface area contributed by atoms with E-state index in [1.165, 1.54) is 0 Å². The topological polar surface area (TPSA) is 38.8 Å². The lowest BCUT2D eigenvalue weighted by molar-refractivity contribution is 0.0733. The highest BCUT2D eigenvalue weighted by Crippen LogP contribution is 2.30. The first-order valence-corrected chi connectivity index (χ1v) is 7.24. The van der Waals surface area contributed by atoms with Crippen molar-refractivity contribution in [3.05, 3.63) is 23.8 Å². The molecule has 2 unspecified atom stereocenters. The lowest BCUT2D eigenvalue weighted by Crippen LogP contribution is -2.38. The van der Waals surface area contributed by atoms with Crippen LogP contribution in [0, 0.1) is 5.92 Å². The Morgan fingerprint density at radius 1 is 1.40 bits per heavy atom. The lowest BCUT2D eigenvalue weighted by Gasteiger charge is -2.26. The minimum Gasteiger partial charge on any atom is -0.497 e. The van der Waals surface area contributed by atoms with E-state index in [2.05, 4.69) is 6.92 Å². The van der Waals surface area contributed by atoms with Crippen LogP contribution in [0.3, 0.4) is 0 Å². The number of hydrogen-bond donors (Lipinski definition) is 0. The molecule has 0 aliphatic carbocycles. The van der Waals surface area contributed by atoms with Crippen LogP contribution in [0.5, 0.6) is 11.5 Å². The van der Waals surface area contributed by atoms with Crippen molar-refractivity contribution >= 4 is 17.5 Å². The van der Waals surface area contributed by atoms with Crippen LogP contribution in [0.15, 0.2) is 18.2 Å². The minimum atomic E-state index is -0.0456. The van der Waals surface area contributed by atoms with Crippen LogP contribution >= 0.6 is 11.6 Å². The molecule has 110 valence electrons. The maximum atomic E-state index is 12.7. The first-order valence-electron chi connectivity index (χ1n) is 6.71. The highest BCUT2D eigenvalue weighted by Gasteiger charge is 2.35. The fraction of sp³-hybridized carbons (Fsp3) is 0.533. The molecule has 1 aromatic rings. The molecule has 0 aromatic heterocycles. The molecule has 1 aromatic carbocycles. The zero-order valence-corrected chi connectivity index (χ0v) is 12.8. The van der Waals surface area contributed by atoms with Crippen LogP contribution in [-0.4, -0.2) is 43.5 Å². The Kier molecular flexibility index (Phi) is 4.76. The summed E-state index contributed by atoms with van der Waals surface area (Å²) in [5.41, 5.74) is 0.524. The molecule has 1 aliphatic rings. The maximum Gasteiger partial charge on any atom is 0.258 e. The van der Waals surface area contributed by atoms with Gasteiger partial charge in [-0.3, -0.25) is 4.79 Å². The van der Waals surface area contributed by atoms with Crippen molar-refractivity contribution < 1.29 is 14.3 Å². The standard InChI is InChI=1S/C15H20ClNO3/c1-10-6-7-17(13(10)9-16)15(18)12-8-11(19-2)4-5-14(12)20-3/h4-5,8,10,13H,6-7,9H2,1-3H3. The lowest BCUT2D eigenvalue weighted by atomic mass is 10.0. The van der Waals surface area contributed by atoms with Gasteiger partial charge in [0.2, 0.25) is 0 Å². The number of ether oxygens (including phenoxy) is 2. The van der Waals surface area contributed by atoms with E-state index in [1.807, 2.05) is 4.90 Å². The molecule has 20 heavy (non-hydrogen) atoms. The number of benzene rings is 1. The van der Waals surface area contributed by atoms with Crippen molar-refractivity contribution in [1.29, 1.82) is 0 Å². The maximum absolute atomic E-state index is 12.7. The Balaban J connectivity index is 2.32. The minimum absolute atomic E-state index is 0.0456. The van der Waals surface area contributed by atoms with E-state index in [1.54, 1.807) is 32.4 Å². The highest BCUT2D eigenvalue weighted by atomic mass is 35.5. The molecular formula is C15H20ClNO3. The predicted octanol–water partition coefficient (Wildman–Crippen LogP) is 2.79. The van der Waals surface area contributed by atoms with E-state index in [4.69, 9.17) is 21.1 Å². The van der Waals surface area contributed by atoms with Gasteiger partial charge in [-0.05, 0) is 30.5 Å². The molecule has 0 saturated carbocycles. The fourth-order valence-corrected chi connectivity index (χ4v) is 3.10. The summed E-state index contributed by atoms with van der Waals surface area (Å²) in [5, 5.41) is 0. The Labute approximate surface area is 124 Å². The number of likely N-dealkylation sites (tertiary alicyclic amines) is 1. The van der Waals surface area contributed by atoms with E-state index < -0.39 is 0 Å². The smallest absolute Gasteiger partial charge is 0.258 e. The zero-order valence-electron chi connectivity index (χ0n) is 12.1. The quantitative estimate of drug-likeness (QED) is 0.802. The molecule has 1 heterocycles. The molecular weight excluding hydrogens is 278 g/mol. The molecule has 1 aliphatic heterocycles. The third-order valence-electron chi connectivity index (χ3n) is 3.94. The Morgan fingerprint density at radius 3 is 2.75 bits per heavy atom. The molecule has 1 fully saturated rings. The van der Waals surface area contributed by atoms with E-state index in [-0.39, 0.29) is 11.9 Å². The van der Waals surface area contributed by atoms with E-state index in [0.29, 0.717) is 28.9 Å². The largest absolute Gasteiger partial charge is 0.497 e. The second kappa shape index (κ2) is 6.35. The molecule has 2 rings (SSSR count). The molecule has 0 N–H and O–H groups in total. The highest BCUT2D eigenvalue weighted by molar-refractivity contribution is 6.18. The SMILES string of the molecule is COc1ccc(OC)c(C(=O)N2CCC(C)C2CCl)c1. The molecule has 0 spiro atoms. The zero-order chi connectivity index (χ0) is 14.7. The van der Waals surface area contributed by atoms with Gasteiger partial charge in [0.15, 0.2) is 0 Å². The molecule has 4 nitrogen and oxygen atoms in total. The number of methoxy groups -OCH3 is 2. The molecule has 0 bridgehead atoms. The van der Waals surface area contributed by atoms with Crippen LogP contribution in [0.1, 0.15) is 23.7 Å². The van der Waals surface area contributed by atoms with Gasteiger partial charge in [0.25, 0.3) is 5.91 Å². The van der Waals surface area contributed by atoms with Crippen LogP contribution in [0.2, 0.25) is 0 Å². The number of alkyl halides is 1. The second-order valence-electron chi connectivity index (χ2n) is 5.05. The summed E-state index contributed by atoms with van der Waals surface area (Å²) in [6, 6.07) is 5.33. The average molecular weight is 298 g/mol. The first kappa shape index (κ1) is 15.0. The van der Waals surface area contributed by atoms with Crippen molar-refractivity contribution in [3.63, 3.8) is 0 Å². The Hall–Kier alpha value is -1.42. The summed E-state index contributed by atoms with van der Waals surface area (Å²) in [6.07, 6.45) is 0.982. The number of carbonyl (C=O) groups is 1. The number of carbonyl (C=O) groups excluding carboxylic acids is 1. The number of amides is 1. The number of halogens is 1. The number of hydrogen-bond acceptors (Lipinski definition) is 3. The summed E-state index contributed by atoms with van der Waals surface area (Å²) in [6.45, 7) is 2.86. The summed E-state index contributed by atoms with van der Waals surface area (Å²) in [5.74, 6) is 2.04. The molecule has 1 saturated heterocycles. The van der Waals surface area contributed by atoms with Crippen LogP contribution in [0.25, 0.3) is 0 Å². The summed E-state index contributed by atoms with van der Waals surface area (Å²) in [7, 11) is 3.14. The Bertz CT molecular complexity index is 492. The van der Waals surface area contributed by atoms with E-state index >= 15 is 0 Å². The van der Waals surface area contributed by atoms with E-state index in [9.17, 15) is 4.79 Å². The fourth-order valence-electron chi connectivity index (χ4n) is 2.63. The van der Waals surface area contributed by atoms with Gasteiger partial charge in [-0.15, -0.1) is 11.6 Å². The third kappa shape index (κ3) is 2.70. The normalized spacial score (nSPS) is 21.9. The van der Waals surface area contributed by atoms with Gasteiger partial charge in [-0.1, -0.05) is 6.92 Å². The van der Waals surface area contributed by atoms with Crippen LogP contribution < -0.4 is 9.47 Å². The third-order valence-corrected chi connectivity index (χ3v) is 4.25. The number of nitrogens with zero attached hydrogens (tertiary/aromatic N) is 1.